The van der Waals surface area contributed by atoms with Crippen LogP contribution in [0, 0.1) is 0 Å². The van der Waals surface area contributed by atoms with Gasteiger partial charge in [0.15, 0.2) is 0 Å². The molecule has 0 saturated heterocycles. The van der Waals surface area contributed by atoms with E-state index < -0.39 is 5.60 Å². The van der Waals surface area contributed by atoms with Gasteiger partial charge in [0.25, 0.3) is 0 Å². The van der Waals surface area contributed by atoms with Crippen LogP contribution < -0.4 is 0 Å². The van der Waals surface area contributed by atoms with Gasteiger partial charge in [-0.15, -0.1) is 0 Å². The molecule has 1 amide bonds. The Balaban J connectivity index is 1.62. The van der Waals surface area contributed by atoms with Gasteiger partial charge < -0.3 is 14.5 Å². The topological polar surface area (TPSA) is 32.8 Å². The highest BCUT2D eigenvalue weighted by Gasteiger charge is 2.40. The predicted octanol–water partition coefficient (Wildman–Crippen LogP) is 4.12. The minimum absolute atomic E-state index is 0.234. The van der Waals surface area contributed by atoms with E-state index in [1.807, 2.05) is 27.8 Å². The number of nitrogens with zero attached hydrogens (tertiary/aromatic N) is 2. The zero-order valence-corrected chi connectivity index (χ0v) is 15.8. The van der Waals surface area contributed by atoms with E-state index in [1.165, 1.54) is 12.0 Å². The Labute approximate surface area is 146 Å². The molecule has 1 aliphatic rings. The smallest absolute Gasteiger partial charge is 0.410 e. The fraction of sp³-hybridized carbons (Fsp3) is 0.650. The Bertz CT molecular complexity index is 524. The number of benzene rings is 1. The van der Waals surface area contributed by atoms with E-state index in [1.54, 1.807) is 4.90 Å². The van der Waals surface area contributed by atoms with Gasteiger partial charge in [-0.05, 0) is 59.2 Å². The second-order valence-electron chi connectivity index (χ2n) is 7.91. The number of likely N-dealkylation sites (N-methyl/N-ethyl adjacent to an activating group) is 1. The summed E-state index contributed by atoms with van der Waals surface area (Å²) < 4.78 is 5.37. The molecule has 0 aliphatic heterocycles. The normalized spacial score (nSPS) is 20.1. The third-order valence-corrected chi connectivity index (χ3v) is 4.51. The standard InChI is InChI=1S/C20H32N2O2/c1-20(2,3)24-19(23)22(5)14-10-9-13-21(4)18-15-17(18)16-11-7-6-8-12-16/h6-8,11-12,17-18H,9-10,13-15H2,1-5H3. The van der Waals surface area contributed by atoms with Gasteiger partial charge in [-0.3, -0.25) is 0 Å². The zero-order valence-electron chi connectivity index (χ0n) is 15.8. The lowest BCUT2D eigenvalue weighted by Gasteiger charge is -2.25. The van der Waals surface area contributed by atoms with Crippen LogP contribution in [0.5, 0.6) is 0 Å². The van der Waals surface area contributed by atoms with E-state index >= 15 is 0 Å². The largest absolute Gasteiger partial charge is 0.444 e. The molecule has 1 saturated carbocycles. The highest BCUT2D eigenvalue weighted by Crippen LogP contribution is 2.43. The number of hydrogen-bond acceptors (Lipinski definition) is 3. The van der Waals surface area contributed by atoms with Crippen LogP contribution in [0.15, 0.2) is 30.3 Å². The minimum atomic E-state index is -0.427. The number of ether oxygens (including phenoxy) is 1. The van der Waals surface area contributed by atoms with E-state index in [2.05, 4.69) is 42.3 Å². The van der Waals surface area contributed by atoms with Crippen molar-refractivity contribution in [2.75, 3.05) is 27.2 Å². The molecule has 0 spiro atoms. The monoisotopic (exact) mass is 332 g/mol. The fourth-order valence-electron chi connectivity index (χ4n) is 3.03. The lowest BCUT2D eigenvalue weighted by atomic mass is 10.1. The molecule has 1 fully saturated rings. The van der Waals surface area contributed by atoms with Crippen LogP contribution in [0.25, 0.3) is 0 Å². The Morgan fingerprint density at radius 2 is 1.75 bits per heavy atom. The fourth-order valence-corrected chi connectivity index (χ4v) is 3.03. The maximum Gasteiger partial charge on any atom is 0.410 e. The van der Waals surface area contributed by atoms with E-state index in [9.17, 15) is 4.79 Å². The Morgan fingerprint density at radius 3 is 2.38 bits per heavy atom. The van der Waals surface area contributed by atoms with Gasteiger partial charge in [0.1, 0.15) is 5.60 Å². The molecule has 0 radical (unpaired) electrons. The van der Waals surface area contributed by atoms with Crippen molar-refractivity contribution < 1.29 is 9.53 Å². The summed E-state index contributed by atoms with van der Waals surface area (Å²) in [5.41, 5.74) is 1.03. The van der Waals surface area contributed by atoms with Crippen LogP contribution in [0.3, 0.4) is 0 Å². The maximum atomic E-state index is 11.9. The van der Waals surface area contributed by atoms with Gasteiger partial charge in [-0.25, -0.2) is 4.79 Å². The van der Waals surface area contributed by atoms with Crippen LogP contribution in [-0.4, -0.2) is 54.7 Å². The number of amides is 1. The van der Waals surface area contributed by atoms with Crippen LogP contribution in [0.2, 0.25) is 0 Å². The van der Waals surface area contributed by atoms with Gasteiger partial charge >= 0.3 is 6.09 Å². The van der Waals surface area contributed by atoms with Gasteiger partial charge in [0.2, 0.25) is 0 Å². The Morgan fingerprint density at radius 1 is 1.12 bits per heavy atom. The van der Waals surface area contributed by atoms with Crippen molar-refractivity contribution in [3.05, 3.63) is 35.9 Å². The van der Waals surface area contributed by atoms with Crippen molar-refractivity contribution in [1.29, 1.82) is 0 Å². The summed E-state index contributed by atoms with van der Waals surface area (Å²) in [5.74, 6) is 0.695. The van der Waals surface area contributed by atoms with Gasteiger partial charge in [0.05, 0.1) is 0 Å². The number of carbonyl (C=O) groups excluding carboxylic acids is 1. The van der Waals surface area contributed by atoms with E-state index in [0.29, 0.717) is 12.0 Å². The molecule has 2 unspecified atom stereocenters. The molecule has 4 heteroatoms. The number of unbranched alkanes of at least 4 members (excludes halogenated alkanes) is 1. The van der Waals surface area contributed by atoms with E-state index in [-0.39, 0.29) is 6.09 Å². The Hall–Kier alpha value is -1.55. The van der Waals surface area contributed by atoms with Crippen molar-refractivity contribution in [2.24, 2.45) is 0 Å². The first kappa shape index (κ1) is 18.8. The molecule has 0 aromatic heterocycles. The highest BCUT2D eigenvalue weighted by molar-refractivity contribution is 5.67. The van der Waals surface area contributed by atoms with Crippen molar-refractivity contribution in [1.82, 2.24) is 9.80 Å². The molecule has 0 heterocycles. The SMILES string of the molecule is CN(CCCCN(C)C1CC1c1ccccc1)C(=O)OC(C)(C)C. The zero-order chi connectivity index (χ0) is 17.7. The average molecular weight is 332 g/mol. The second kappa shape index (κ2) is 8.02. The number of carbonyl (C=O) groups is 1. The maximum absolute atomic E-state index is 11.9. The van der Waals surface area contributed by atoms with Gasteiger partial charge in [-0.2, -0.15) is 0 Å². The van der Waals surface area contributed by atoms with E-state index in [0.717, 1.165) is 25.9 Å². The first-order valence-corrected chi connectivity index (χ1v) is 8.97. The third-order valence-electron chi connectivity index (χ3n) is 4.51. The lowest BCUT2D eigenvalue weighted by molar-refractivity contribution is 0.0295. The van der Waals surface area contributed by atoms with Crippen LogP contribution in [0.1, 0.15) is 51.5 Å². The molecule has 4 nitrogen and oxygen atoms in total. The molecule has 24 heavy (non-hydrogen) atoms. The molecule has 2 rings (SSSR count). The molecule has 1 aromatic rings. The summed E-state index contributed by atoms with van der Waals surface area (Å²) >= 11 is 0. The van der Waals surface area contributed by atoms with Crippen molar-refractivity contribution in [2.45, 2.75) is 57.6 Å². The number of rotatable bonds is 7. The average Bonchev–Trinajstić information content (AvgIpc) is 3.31. The van der Waals surface area contributed by atoms with Crippen LogP contribution in [-0.2, 0) is 4.74 Å². The van der Waals surface area contributed by atoms with E-state index in [4.69, 9.17) is 4.74 Å². The molecule has 1 aromatic carbocycles. The van der Waals surface area contributed by atoms with Gasteiger partial charge in [0, 0.05) is 25.6 Å². The molecule has 1 aliphatic carbocycles. The summed E-state index contributed by atoms with van der Waals surface area (Å²) in [5, 5.41) is 0. The highest BCUT2D eigenvalue weighted by atomic mass is 16.6. The molecule has 2 atom stereocenters. The van der Waals surface area contributed by atoms with Crippen LogP contribution >= 0.6 is 0 Å². The quantitative estimate of drug-likeness (QED) is 0.704. The summed E-state index contributed by atoms with van der Waals surface area (Å²) in [6.07, 6.45) is 3.13. The summed E-state index contributed by atoms with van der Waals surface area (Å²) in [6.45, 7) is 7.51. The number of hydrogen-bond donors (Lipinski definition) is 0. The molecule has 134 valence electrons. The molecule has 0 N–H and O–H groups in total. The summed E-state index contributed by atoms with van der Waals surface area (Å²) in [4.78, 5) is 16.0. The summed E-state index contributed by atoms with van der Waals surface area (Å²) in [7, 11) is 4.02. The van der Waals surface area contributed by atoms with Gasteiger partial charge in [-0.1, -0.05) is 30.3 Å². The molecular formula is C20H32N2O2. The Kier molecular flexibility index (Phi) is 6.27. The van der Waals surface area contributed by atoms with Crippen LogP contribution in [0.4, 0.5) is 4.79 Å². The lowest BCUT2D eigenvalue weighted by Crippen LogP contribution is -2.35. The first-order valence-electron chi connectivity index (χ1n) is 8.97. The van der Waals surface area contributed by atoms with Crippen molar-refractivity contribution in [3.8, 4) is 0 Å². The molecule has 0 bridgehead atoms. The predicted molar refractivity (Wildman–Crippen MR) is 98.3 cm³/mol. The first-order chi connectivity index (χ1) is 11.3. The third kappa shape index (κ3) is 5.82. The minimum Gasteiger partial charge on any atom is -0.444 e. The van der Waals surface area contributed by atoms with Crippen molar-refractivity contribution >= 4 is 6.09 Å². The summed E-state index contributed by atoms with van der Waals surface area (Å²) in [6, 6.07) is 11.5. The molecular weight excluding hydrogens is 300 g/mol. The van der Waals surface area contributed by atoms with Crippen molar-refractivity contribution in [3.63, 3.8) is 0 Å². The second-order valence-corrected chi connectivity index (χ2v) is 7.91.